The second-order valence-corrected chi connectivity index (χ2v) is 32.4. The minimum Gasteiger partial charge on any atom is -0.389 e. The first-order valence-corrected chi connectivity index (χ1v) is 40.5. The zero-order valence-electron chi connectivity index (χ0n) is 53.1. The maximum absolute atomic E-state index is 13.1. The fourth-order valence-electron chi connectivity index (χ4n) is 7.80. The summed E-state index contributed by atoms with van der Waals surface area (Å²) in [6.45, 7) is 15.3. The molecule has 33 nitrogen and oxygen atoms in total. The minimum atomic E-state index is -3.46. The second-order valence-electron chi connectivity index (χ2n) is 19.4. The lowest BCUT2D eigenvalue weighted by Crippen LogP contribution is -2.29. The van der Waals surface area contributed by atoms with Crippen molar-refractivity contribution < 1.29 is 85.1 Å². The van der Waals surface area contributed by atoms with Crippen LogP contribution in [0.1, 0.15) is 84.5 Å². The van der Waals surface area contributed by atoms with Crippen molar-refractivity contribution >= 4 is 173 Å². The van der Waals surface area contributed by atoms with Crippen molar-refractivity contribution in [2.75, 3.05) is 100 Å². The van der Waals surface area contributed by atoms with E-state index in [9.17, 15) is 73.1 Å². The largest absolute Gasteiger partial charge is 0.389 e. The molecule has 4 aromatic rings. The molecule has 0 spiro atoms. The van der Waals surface area contributed by atoms with Gasteiger partial charge in [-0.15, -0.1) is 46.4 Å². The molecule has 540 valence electrons. The van der Waals surface area contributed by atoms with Gasteiger partial charge < -0.3 is 32.8 Å². The van der Waals surface area contributed by atoms with Gasteiger partial charge in [0.1, 0.15) is 55.8 Å². The van der Waals surface area contributed by atoms with Crippen molar-refractivity contribution in [1.82, 2.24) is 24.0 Å². The molecule has 96 heavy (non-hydrogen) atoms. The number of ketones is 3. The lowest BCUT2D eigenvalue weighted by Gasteiger charge is -2.30. The zero-order chi connectivity index (χ0) is 74.3. The SMILES string of the molecule is C=O.C=O.CC(=O)CC(OP(C)(=O)N(CCCl)CCCl)c1cc([N+](=O)[O-])ccn1.CC(=O)CC(OP(C)(=O)N(CCCl)CCCl)c1ccc([N+](=O)[O-])c(C)n1.CP(N)(=O)OC(CC(=O)CO)c1ccccc1[N+](=O)[O-].Cc1cc(COP(N)(=O)N(CCBr)CCBr)sc1[N+](=O)[O-]. The van der Waals surface area contributed by atoms with Gasteiger partial charge >= 0.3 is 12.7 Å². The molecule has 0 aliphatic rings. The van der Waals surface area contributed by atoms with Crippen LogP contribution in [0.4, 0.5) is 22.1 Å². The first-order valence-electron chi connectivity index (χ1n) is 27.5. The molecule has 0 radical (unpaired) electrons. The summed E-state index contributed by atoms with van der Waals surface area (Å²) in [6.07, 6.45) is -2.27. The van der Waals surface area contributed by atoms with E-state index in [1.54, 1.807) is 22.3 Å². The van der Waals surface area contributed by atoms with Crippen molar-refractivity contribution in [2.45, 2.75) is 71.9 Å². The normalized spacial score (nSPS) is 14.3. The van der Waals surface area contributed by atoms with E-state index < -0.39 is 80.6 Å². The molecule has 7 atom stereocenters. The third-order valence-electron chi connectivity index (χ3n) is 11.9. The number of Topliss-reactive ketones (excluding diaryl/α,β-unsaturated/α-hetero) is 3. The number of hydrogen-bond donors (Lipinski definition) is 3. The first-order chi connectivity index (χ1) is 44.9. The van der Waals surface area contributed by atoms with Gasteiger partial charge in [0, 0.05) is 154 Å². The predicted octanol–water partition coefficient (Wildman–Crippen LogP) is 12.2. The number of pyridine rings is 2. The number of hydrogen-bond acceptors (Lipinski definition) is 25. The highest BCUT2D eigenvalue weighted by Crippen LogP contribution is 2.53. The van der Waals surface area contributed by atoms with Crippen molar-refractivity contribution in [2.24, 2.45) is 11.0 Å². The number of aromatic nitrogens is 2. The Labute approximate surface area is 595 Å². The molecule has 0 amide bonds. The van der Waals surface area contributed by atoms with Gasteiger partial charge in [-0.3, -0.25) is 83.6 Å². The summed E-state index contributed by atoms with van der Waals surface area (Å²) in [4.78, 5) is 101. The Kier molecular flexibility index (Phi) is 47.5. The zero-order valence-corrected chi connectivity index (χ0v) is 63.7. The molecule has 3 heterocycles. The van der Waals surface area contributed by atoms with Gasteiger partial charge in [-0.1, -0.05) is 55.3 Å². The average Bonchev–Trinajstić information content (AvgIpc) is 1.02. The number of carbonyl (C=O) groups is 5. The third kappa shape index (κ3) is 35.7. The number of aliphatic hydroxyl groups is 1. The lowest BCUT2D eigenvalue weighted by molar-refractivity contribution is -0.386. The quantitative estimate of drug-likeness (QED) is 0.0162. The van der Waals surface area contributed by atoms with Crippen LogP contribution in [0.3, 0.4) is 0 Å². The maximum Gasteiger partial charge on any atom is 0.341 e. The molecule has 0 saturated carbocycles. The Hall–Kier alpha value is -4.19. The van der Waals surface area contributed by atoms with E-state index in [0.29, 0.717) is 53.0 Å². The van der Waals surface area contributed by atoms with E-state index in [1.165, 1.54) is 93.5 Å². The third-order valence-corrected chi connectivity index (χ3v) is 20.9. The van der Waals surface area contributed by atoms with Gasteiger partial charge in [-0.2, -0.15) is 0 Å². The van der Waals surface area contributed by atoms with Crippen LogP contribution in [0.25, 0.3) is 0 Å². The smallest absolute Gasteiger partial charge is 0.341 e. The summed E-state index contributed by atoms with van der Waals surface area (Å²) in [6, 6.07) is 12.4. The number of carbonyl (C=O) groups excluding carboxylic acids is 5. The molecule has 0 aliphatic heterocycles. The second kappa shape index (κ2) is 48.6. The van der Waals surface area contributed by atoms with E-state index in [-0.39, 0.29) is 113 Å². The fourth-order valence-corrected chi connectivity index (χ4v) is 16.8. The van der Waals surface area contributed by atoms with Crippen LogP contribution < -0.4 is 11.0 Å². The number of alkyl halides is 6. The Bertz CT molecular complexity index is 3340. The molecule has 0 aliphatic carbocycles. The van der Waals surface area contributed by atoms with Crippen molar-refractivity contribution in [3.05, 3.63) is 134 Å². The van der Waals surface area contributed by atoms with E-state index in [1.807, 2.05) is 13.6 Å². The van der Waals surface area contributed by atoms with Crippen LogP contribution in [0.15, 0.2) is 60.8 Å². The molecule has 0 saturated heterocycles. The highest BCUT2D eigenvalue weighted by molar-refractivity contribution is 9.09. The number of rotatable bonds is 38. The minimum absolute atomic E-state index is 0.00576. The highest BCUT2D eigenvalue weighted by atomic mass is 79.9. The Morgan fingerprint density at radius 3 is 1.50 bits per heavy atom. The topological polar surface area (TPSA) is 471 Å². The monoisotopic (exact) mass is 1660 g/mol. The van der Waals surface area contributed by atoms with Crippen LogP contribution in [-0.4, -0.2) is 180 Å². The number of nitro benzene ring substituents is 1. The van der Waals surface area contributed by atoms with Crippen LogP contribution in [0.2, 0.25) is 0 Å². The molecular formula is C52H77Br2Cl4N11O22P4S. The summed E-state index contributed by atoms with van der Waals surface area (Å²) >= 11 is 30.5. The van der Waals surface area contributed by atoms with E-state index in [0.717, 1.165) is 18.0 Å². The maximum atomic E-state index is 13.1. The molecule has 0 fully saturated rings. The molecular weight excluding hydrogens is 1590 g/mol. The number of aryl methyl sites for hydroxylation is 2. The van der Waals surface area contributed by atoms with Crippen molar-refractivity contribution in [1.29, 1.82) is 0 Å². The van der Waals surface area contributed by atoms with Crippen molar-refractivity contribution in [3.8, 4) is 0 Å². The van der Waals surface area contributed by atoms with Gasteiger partial charge in [0.2, 0.25) is 0 Å². The first kappa shape index (κ1) is 93.9. The Balaban J connectivity index is 0. The summed E-state index contributed by atoms with van der Waals surface area (Å²) in [5.41, 5.74) is 11.8. The summed E-state index contributed by atoms with van der Waals surface area (Å²) < 4.78 is 76.5. The molecule has 4 rings (SSSR count). The molecule has 1 aromatic carbocycles. The highest BCUT2D eigenvalue weighted by Gasteiger charge is 2.35. The molecule has 44 heteroatoms. The standard InChI is InChI=1S/C15H22Cl2N3O5P.C14H20Cl2N3O5P.C11H15N2O6P.C10H16Br2N3O4PS.2CH2O/c1-11(21)10-15(13-4-5-14(20(22)23)12(2)18-13)25-26(3,24)19(8-6-16)9-7-17;1-11(20)9-14(13-10-12(19(21)22)3-6-17-13)24-25(2,23)18(7-4-15)8-5-16;1-20(12,18)19-11(6-8(15)7-14)9-4-2-3-5-10(9)13(16)17;1-8-6-9(21-10(8)15(16)17)7-19-20(13,18)14(4-2-11)5-3-12;2*1-2/h4-5,15H,6-10H2,1-3H3;3,6,10,14H,4-5,7-9H2,1-2H3;2-5,11,14H,6-7H2,1H3,(H2,12,18);6H,2-5,7H2,1H3,(H2,13,18);2*1H2. The Morgan fingerprint density at radius 2 is 1.11 bits per heavy atom. The van der Waals surface area contributed by atoms with Gasteiger partial charge in [0.05, 0.1) is 43.3 Å². The lowest BCUT2D eigenvalue weighted by atomic mass is 10.0. The number of aliphatic hydroxyl groups excluding tert-OH is 1. The number of benzene rings is 1. The molecule has 5 N–H and O–H groups in total. The number of para-hydroxylation sites is 1. The van der Waals surface area contributed by atoms with Gasteiger partial charge in [-0.25, -0.2) is 24.5 Å². The van der Waals surface area contributed by atoms with Crippen LogP contribution in [0, 0.1) is 54.3 Å². The summed E-state index contributed by atoms with van der Waals surface area (Å²) in [5, 5.41) is 53.7. The number of nitrogens with two attached hydrogens (primary N) is 2. The van der Waals surface area contributed by atoms with E-state index in [2.05, 4.69) is 41.8 Å². The van der Waals surface area contributed by atoms with Gasteiger partial charge in [-0.05, 0) is 45.9 Å². The van der Waals surface area contributed by atoms with Gasteiger partial charge in [0.25, 0.3) is 39.6 Å². The summed E-state index contributed by atoms with van der Waals surface area (Å²) in [7, 11) is -13.6. The van der Waals surface area contributed by atoms with Crippen molar-refractivity contribution in [3.63, 3.8) is 0 Å². The van der Waals surface area contributed by atoms with E-state index in [4.69, 9.17) is 90.2 Å². The Morgan fingerprint density at radius 1 is 0.646 bits per heavy atom. The number of thiophene rings is 1. The average molecular weight is 1670 g/mol. The van der Waals surface area contributed by atoms with Crippen LogP contribution in [-0.2, 0) is 66.9 Å². The summed E-state index contributed by atoms with van der Waals surface area (Å²) in [5.74, 6) is -0.0702. The van der Waals surface area contributed by atoms with Gasteiger partial charge in [0.15, 0.2) is 5.78 Å². The number of nitro groups is 4. The fraction of sp³-hybridized carbons (Fsp3) is 0.519. The molecule has 3 aromatic heterocycles. The molecule has 0 bridgehead atoms. The molecule has 7 unspecified atom stereocenters. The van der Waals surface area contributed by atoms with E-state index >= 15 is 0 Å². The van der Waals surface area contributed by atoms with Crippen LogP contribution >= 0.6 is 120 Å². The predicted molar refractivity (Wildman–Crippen MR) is 375 cm³/mol. The number of nitrogens with zero attached hydrogens (tertiary/aromatic N) is 9. The number of halogens is 6. The van der Waals surface area contributed by atoms with Crippen LogP contribution in [0.5, 0.6) is 0 Å².